The number of benzene rings is 1. The van der Waals surface area contributed by atoms with Crippen molar-refractivity contribution in [1.29, 1.82) is 0 Å². The minimum atomic E-state index is -4.52. The van der Waals surface area contributed by atoms with Crippen LogP contribution in [0.25, 0.3) is 6.08 Å². The molecular formula is C17H12F3N3O3. The van der Waals surface area contributed by atoms with Crippen LogP contribution in [-0.4, -0.2) is 29.2 Å². The van der Waals surface area contributed by atoms with Crippen molar-refractivity contribution in [3.8, 4) is 5.75 Å². The summed E-state index contributed by atoms with van der Waals surface area (Å²) in [7, 11) is 1.30. The third-order valence-electron chi connectivity index (χ3n) is 3.08. The highest BCUT2D eigenvalue weighted by molar-refractivity contribution is 5.86. The number of carboxylic acids is 1. The molecule has 1 aromatic heterocycles. The SMILES string of the molecule is COc1ccc(C(F)(F)F)cc1N=C=Nc1ccncc1/C=C/C(=O)O. The Morgan fingerprint density at radius 1 is 1.27 bits per heavy atom. The van der Waals surface area contributed by atoms with E-state index in [0.717, 1.165) is 24.3 Å². The molecule has 0 radical (unpaired) electrons. The number of rotatable bonds is 5. The van der Waals surface area contributed by atoms with Gasteiger partial charge in [0.05, 0.1) is 18.4 Å². The number of hydrogen-bond donors (Lipinski definition) is 1. The Hall–Kier alpha value is -3.45. The molecule has 0 aliphatic carbocycles. The van der Waals surface area contributed by atoms with Crippen molar-refractivity contribution < 1.29 is 27.8 Å². The van der Waals surface area contributed by atoms with Crippen LogP contribution in [0.2, 0.25) is 0 Å². The minimum Gasteiger partial charge on any atom is -0.494 e. The van der Waals surface area contributed by atoms with Crippen LogP contribution in [-0.2, 0) is 11.0 Å². The number of methoxy groups -OCH3 is 1. The minimum absolute atomic E-state index is 0.0947. The number of hydrogen-bond acceptors (Lipinski definition) is 5. The molecular weight excluding hydrogens is 351 g/mol. The molecule has 0 saturated heterocycles. The maximum atomic E-state index is 12.8. The summed E-state index contributed by atoms with van der Waals surface area (Å²) in [6, 6.07) is 6.62. The molecule has 9 heteroatoms. The third kappa shape index (κ3) is 5.02. The van der Waals surface area contributed by atoms with E-state index in [9.17, 15) is 18.0 Å². The van der Waals surface area contributed by atoms with Crippen LogP contribution in [0.1, 0.15) is 11.1 Å². The Balaban J connectivity index is 2.40. The monoisotopic (exact) mass is 363 g/mol. The zero-order valence-electron chi connectivity index (χ0n) is 13.4. The molecule has 0 saturated carbocycles. The van der Waals surface area contributed by atoms with Gasteiger partial charge in [-0.15, -0.1) is 0 Å². The van der Waals surface area contributed by atoms with Crippen LogP contribution in [0.15, 0.2) is 52.7 Å². The van der Waals surface area contributed by atoms with Gasteiger partial charge >= 0.3 is 12.1 Å². The highest BCUT2D eigenvalue weighted by Crippen LogP contribution is 2.36. The van der Waals surface area contributed by atoms with Gasteiger partial charge in [0.1, 0.15) is 17.4 Å². The van der Waals surface area contributed by atoms with Gasteiger partial charge < -0.3 is 9.84 Å². The van der Waals surface area contributed by atoms with Crippen LogP contribution in [0.5, 0.6) is 5.75 Å². The van der Waals surface area contributed by atoms with Gasteiger partial charge in [0.2, 0.25) is 0 Å². The van der Waals surface area contributed by atoms with Gasteiger partial charge in [0, 0.05) is 24.0 Å². The summed E-state index contributed by atoms with van der Waals surface area (Å²) in [5.74, 6) is -1.02. The molecule has 6 nitrogen and oxygen atoms in total. The lowest BCUT2D eigenvalue weighted by Gasteiger charge is -2.09. The molecule has 1 N–H and O–H groups in total. The van der Waals surface area contributed by atoms with E-state index < -0.39 is 17.7 Å². The number of pyridine rings is 1. The van der Waals surface area contributed by atoms with Crippen molar-refractivity contribution in [2.45, 2.75) is 6.18 Å². The van der Waals surface area contributed by atoms with Gasteiger partial charge in [-0.25, -0.2) is 4.79 Å². The molecule has 0 aliphatic rings. The number of halogens is 3. The van der Waals surface area contributed by atoms with E-state index >= 15 is 0 Å². The lowest BCUT2D eigenvalue weighted by atomic mass is 10.2. The standard InChI is InChI=1S/C17H12F3N3O3/c1-26-15-4-3-12(17(18,19)20)8-14(15)23-10-22-13-6-7-21-9-11(13)2-5-16(24)25/h2-9H,1H3,(H,24,25)/b5-2+. The second kappa shape index (κ2) is 8.09. The predicted molar refractivity (Wildman–Crippen MR) is 88.1 cm³/mol. The lowest BCUT2D eigenvalue weighted by Crippen LogP contribution is -2.04. The Bertz CT molecular complexity index is 902. The molecule has 2 rings (SSSR count). The van der Waals surface area contributed by atoms with E-state index in [-0.39, 0.29) is 11.4 Å². The average molecular weight is 363 g/mol. The first kappa shape index (κ1) is 18.9. The molecule has 134 valence electrons. The molecule has 1 heterocycles. The number of carboxylic acid groups (broad SMARTS) is 1. The summed E-state index contributed by atoms with van der Waals surface area (Å²) in [5, 5.41) is 8.66. The van der Waals surface area contributed by atoms with Crippen molar-refractivity contribution in [3.63, 3.8) is 0 Å². The van der Waals surface area contributed by atoms with Crippen LogP contribution >= 0.6 is 0 Å². The van der Waals surface area contributed by atoms with E-state index in [1.165, 1.54) is 31.6 Å². The van der Waals surface area contributed by atoms with Crippen LogP contribution in [0.3, 0.4) is 0 Å². The number of aromatic nitrogens is 1. The molecule has 0 spiro atoms. The number of aliphatic carboxylic acids is 1. The third-order valence-corrected chi connectivity index (χ3v) is 3.08. The first-order valence-electron chi connectivity index (χ1n) is 7.08. The van der Waals surface area contributed by atoms with Gasteiger partial charge in [-0.05, 0) is 30.3 Å². The normalized spacial score (nSPS) is 11.1. The van der Waals surface area contributed by atoms with Gasteiger partial charge in [-0.1, -0.05) is 0 Å². The molecule has 26 heavy (non-hydrogen) atoms. The number of carbonyl (C=O) groups is 1. The van der Waals surface area contributed by atoms with Crippen LogP contribution < -0.4 is 4.74 Å². The fourth-order valence-corrected chi connectivity index (χ4v) is 1.88. The average Bonchev–Trinajstić information content (AvgIpc) is 2.60. The zero-order valence-corrected chi connectivity index (χ0v) is 13.4. The Morgan fingerprint density at radius 3 is 2.65 bits per heavy atom. The number of alkyl halides is 3. The molecule has 0 bridgehead atoms. The molecule has 1 aromatic carbocycles. The van der Waals surface area contributed by atoms with Crippen LogP contribution in [0, 0.1) is 0 Å². The second-order valence-corrected chi connectivity index (χ2v) is 4.81. The quantitative estimate of drug-likeness (QED) is 0.632. The molecule has 2 aromatic rings. The van der Waals surface area contributed by atoms with Crippen LogP contribution in [0.4, 0.5) is 24.5 Å². The summed E-state index contributed by atoms with van der Waals surface area (Å²) >= 11 is 0. The summed E-state index contributed by atoms with van der Waals surface area (Å²) in [4.78, 5) is 22.1. The summed E-state index contributed by atoms with van der Waals surface area (Å²) in [6.07, 6.45) is 0.464. The molecule has 0 fully saturated rings. The Kier molecular flexibility index (Phi) is 5.87. The van der Waals surface area contributed by atoms with Gasteiger partial charge in [-0.2, -0.15) is 23.2 Å². The van der Waals surface area contributed by atoms with Gasteiger partial charge in [-0.3, -0.25) is 4.98 Å². The maximum Gasteiger partial charge on any atom is 0.416 e. The number of nitrogens with zero attached hydrogens (tertiary/aromatic N) is 3. The highest BCUT2D eigenvalue weighted by Gasteiger charge is 2.31. The van der Waals surface area contributed by atoms with E-state index in [1.54, 1.807) is 0 Å². The maximum absolute atomic E-state index is 12.8. The van der Waals surface area contributed by atoms with Crippen molar-refractivity contribution in [2.75, 3.05) is 7.11 Å². The fourth-order valence-electron chi connectivity index (χ4n) is 1.88. The molecule has 0 atom stereocenters. The van der Waals surface area contributed by atoms with Crippen molar-refractivity contribution >= 4 is 29.4 Å². The smallest absolute Gasteiger partial charge is 0.416 e. The first-order chi connectivity index (χ1) is 12.3. The van der Waals surface area contributed by atoms with E-state index in [1.807, 2.05) is 0 Å². The van der Waals surface area contributed by atoms with Crippen molar-refractivity contribution in [2.24, 2.45) is 9.98 Å². The fraction of sp³-hybridized carbons (Fsp3) is 0.118. The molecule has 0 unspecified atom stereocenters. The van der Waals surface area contributed by atoms with E-state index in [0.29, 0.717) is 11.3 Å². The second-order valence-electron chi connectivity index (χ2n) is 4.81. The van der Waals surface area contributed by atoms with Gasteiger partial charge in [0.25, 0.3) is 0 Å². The van der Waals surface area contributed by atoms with E-state index in [4.69, 9.17) is 9.84 Å². The number of aliphatic imine (C=N–C) groups is 2. The lowest BCUT2D eigenvalue weighted by molar-refractivity contribution is -0.137. The molecule has 0 aliphatic heterocycles. The van der Waals surface area contributed by atoms with Crippen molar-refractivity contribution in [3.05, 3.63) is 53.9 Å². The largest absolute Gasteiger partial charge is 0.494 e. The zero-order chi connectivity index (χ0) is 19.2. The molecule has 0 amide bonds. The van der Waals surface area contributed by atoms with E-state index in [2.05, 4.69) is 21.0 Å². The van der Waals surface area contributed by atoms with Crippen molar-refractivity contribution in [1.82, 2.24) is 4.98 Å². The topological polar surface area (TPSA) is 84.1 Å². The first-order valence-corrected chi connectivity index (χ1v) is 7.08. The number of ether oxygens (including phenoxy) is 1. The highest BCUT2D eigenvalue weighted by atomic mass is 19.4. The predicted octanol–water partition coefficient (Wildman–Crippen LogP) is 4.34. The summed E-state index contributed by atoms with van der Waals surface area (Å²) < 4.78 is 43.4. The Labute approximate surface area is 146 Å². The summed E-state index contributed by atoms with van der Waals surface area (Å²) in [5.41, 5.74) is -0.295. The Morgan fingerprint density at radius 2 is 2.00 bits per heavy atom. The van der Waals surface area contributed by atoms with Gasteiger partial charge in [0.15, 0.2) is 0 Å². The summed E-state index contributed by atoms with van der Waals surface area (Å²) in [6.45, 7) is 0.